The SMILES string of the molecule is CC1C(=O)N2CCCC2C(=O)N1c1cccc(Cl)c1Br. The minimum atomic E-state index is -0.494. The van der Waals surface area contributed by atoms with Gasteiger partial charge >= 0.3 is 0 Å². The Morgan fingerprint density at radius 1 is 1.30 bits per heavy atom. The summed E-state index contributed by atoms with van der Waals surface area (Å²) in [7, 11) is 0. The first-order valence-electron chi connectivity index (χ1n) is 6.60. The van der Waals surface area contributed by atoms with Crippen molar-refractivity contribution >= 4 is 45.0 Å². The molecule has 0 aliphatic carbocycles. The van der Waals surface area contributed by atoms with Crippen LogP contribution >= 0.6 is 27.5 Å². The third kappa shape index (κ3) is 1.95. The largest absolute Gasteiger partial charge is 0.329 e. The Morgan fingerprint density at radius 3 is 2.80 bits per heavy atom. The molecule has 2 fully saturated rings. The fourth-order valence-corrected chi connectivity index (χ4v) is 3.62. The number of fused-ring (bicyclic) bond motifs is 1. The van der Waals surface area contributed by atoms with Crippen molar-refractivity contribution in [3.63, 3.8) is 0 Å². The molecule has 106 valence electrons. The van der Waals surface area contributed by atoms with Crippen molar-refractivity contribution in [2.45, 2.75) is 31.8 Å². The molecule has 2 saturated heterocycles. The van der Waals surface area contributed by atoms with Crippen molar-refractivity contribution in [3.05, 3.63) is 27.7 Å². The van der Waals surface area contributed by atoms with Gasteiger partial charge in [0.15, 0.2) is 0 Å². The van der Waals surface area contributed by atoms with Gasteiger partial charge in [0.2, 0.25) is 5.91 Å². The van der Waals surface area contributed by atoms with Crippen LogP contribution in [0.5, 0.6) is 0 Å². The third-order valence-corrected chi connectivity index (χ3v) is 5.37. The molecule has 4 nitrogen and oxygen atoms in total. The van der Waals surface area contributed by atoms with Crippen molar-refractivity contribution in [2.75, 3.05) is 11.4 Å². The summed E-state index contributed by atoms with van der Waals surface area (Å²) in [4.78, 5) is 28.4. The average molecular weight is 358 g/mol. The van der Waals surface area contributed by atoms with Gasteiger partial charge in [-0.15, -0.1) is 0 Å². The van der Waals surface area contributed by atoms with Crippen LogP contribution in [0, 0.1) is 0 Å². The molecule has 0 N–H and O–H groups in total. The van der Waals surface area contributed by atoms with Crippen molar-refractivity contribution in [1.29, 1.82) is 0 Å². The van der Waals surface area contributed by atoms with E-state index >= 15 is 0 Å². The zero-order chi connectivity index (χ0) is 14.4. The Labute approximate surface area is 130 Å². The summed E-state index contributed by atoms with van der Waals surface area (Å²) in [5, 5.41) is 0.531. The molecule has 2 heterocycles. The molecule has 2 unspecified atom stereocenters. The molecule has 3 rings (SSSR count). The monoisotopic (exact) mass is 356 g/mol. The number of hydrogen-bond acceptors (Lipinski definition) is 2. The van der Waals surface area contributed by atoms with E-state index in [1.54, 1.807) is 28.9 Å². The fraction of sp³-hybridized carbons (Fsp3) is 0.429. The van der Waals surface area contributed by atoms with Crippen LogP contribution in [0.2, 0.25) is 5.02 Å². The number of halogens is 2. The van der Waals surface area contributed by atoms with Crippen LogP contribution in [0.4, 0.5) is 5.69 Å². The number of carbonyl (C=O) groups is 2. The van der Waals surface area contributed by atoms with Gasteiger partial charge in [-0.3, -0.25) is 14.5 Å². The second-order valence-corrected chi connectivity index (χ2v) is 6.35. The van der Waals surface area contributed by atoms with E-state index in [9.17, 15) is 9.59 Å². The van der Waals surface area contributed by atoms with Gasteiger partial charge in [0.25, 0.3) is 5.91 Å². The van der Waals surface area contributed by atoms with Crippen LogP contribution < -0.4 is 4.90 Å². The summed E-state index contributed by atoms with van der Waals surface area (Å²) in [6.45, 7) is 2.45. The van der Waals surface area contributed by atoms with Crippen molar-refractivity contribution < 1.29 is 9.59 Å². The molecule has 2 atom stereocenters. The van der Waals surface area contributed by atoms with Crippen LogP contribution in [0.15, 0.2) is 22.7 Å². The maximum absolute atomic E-state index is 12.7. The third-order valence-electron chi connectivity index (χ3n) is 3.99. The minimum absolute atomic E-state index is 0.0129. The zero-order valence-corrected chi connectivity index (χ0v) is 13.3. The lowest BCUT2D eigenvalue weighted by Crippen LogP contribution is -2.62. The zero-order valence-electron chi connectivity index (χ0n) is 11.0. The van der Waals surface area contributed by atoms with Gasteiger partial charge in [0.1, 0.15) is 12.1 Å². The number of nitrogens with zero attached hydrogens (tertiary/aromatic N) is 2. The number of anilines is 1. The minimum Gasteiger partial charge on any atom is -0.329 e. The molecule has 6 heteroatoms. The van der Waals surface area contributed by atoms with Gasteiger partial charge in [-0.05, 0) is 47.8 Å². The number of piperazine rings is 1. The highest BCUT2D eigenvalue weighted by molar-refractivity contribution is 9.10. The lowest BCUT2D eigenvalue weighted by atomic mass is 10.1. The van der Waals surface area contributed by atoms with E-state index in [4.69, 9.17) is 11.6 Å². The highest BCUT2D eigenvalue weighted by Gasteiger charge is 2.46. The van der Waals surface area contributed by atoms with Gasteiger partial charge in [-0.25, -0.2) is 0 Å². The van der Waals surface area contributed by atoms with Crippen LogP contribution in [0.3, 0.4) is 0 Å². The van der Waals surface area contributed by atoms with E-state index in [-0.39, 0.29) is 17.9 Å². The van der Waals surface area contributed by atoms with Crippen molar-refractivity contribution in [2.24, 2.45) is 0 Å². The first-order valence-corrected chi connectivity index (χ1v) is 7.77. The van der Waals surface area contributed by atoms with Crippen LogP contribution in [0.25, 0.3) is 0 Å². The molecule has 1 aromatic rings. The lowest BCUT2D eigenvalue weighted by molar-refractivity contribution is -0.143. The number of hydrogen-bond donors (Lipinski definition) is 0. The van der Waals surface area contributed by atoms with Gasteiger partial charge in [-0.2, -0.15) is 0 Å². The predicted octanol–water partition coefficient (Wildman–Crippen LogP) is 2.83. The van der Waals surface area contributed by atoms with E-state index in [0.29, 0.717) is 21.7 Å². The van der Waals surface area contributed by atoms with Gasteiger partial charge in [0, 0.05) is 6.54 Å². The molecular formula is C14H14BrClN2O2. The van der Waals surface area contributed by atoms with Crippen molar-refractivity contribution in [3.8, 4) is 0 Å². The molecule has 1 aromatic carbocycles. The molecule has 2 amide bonds. The Bertz CT molecular complexity index is 593. The van der Waals surface area contributed by atoms with E-state index in [1.165, 1.54) is 0 Å². The molecular weight excluding hydrogens is 344 g/mol. The topological polar surface area (TPSA) is 40.6 Å². The highest BCUT2D eigenvalue weighted by Crippen LogP contribution is 2.37. The molecule has 0 radical (unpaired) electrons. The second kappa shape index (κ2) is 5.04. The summed E-state index contributed by atoms with van der Waals surface area (Å²) in [5.74, 6) is -0.00320. The first-order chi connectivity index (χ1) is 9.52. The molecule has 0 aromatic heterocycles. The molecule has 0 bridgehead atoms. The van der Waals surface area contributed by atoms with Crippen LogP contribution in [-0.2, 0) is 9.59 Å². The standard InChI is InChI=1S/C14H14BrClN2O2/c1-8-13(19)17-7-3-6-11(17)14(20)18(8)10-5-2-4-9(16)12(10)15/h2,4-5,8,11H,3,6-7H2,1H3. The maximum atomic E-state index is 12.7. The average Bonchev–Trinajstić information content (AvgIpc) is 2.91. The molecule has 20 heavy (non-hydrogen) atoms. The molecule has 2 aliphatic heterocycles. The van der Waals surface area contributed by atoms with Gasteiger partial charge in [0.05, 0.1) is 15.2 Å². The Hall–Kier alpha value is -1.07. The van der Waals surface area contributed by atoms with Crippen molar-refractivity contribution in [1.82, 2.24) is 4.90 Å². The summed E-state index contributed by atoms with van der Waals surface area (Å²) >= 11 is 9.51. The summed E-state index contributed by atoms with van der Waals surface area (Å²) < 4.78 is 0.654. The van der Waals surface area contributed by atoms with E-state index in [0.717, 1.165) is 12.8 Å². The fourth-order valence-electron chi connectivity index (χ4n) is 2.99. The van der Waals surface area contributed by atoms with E-state index in [2.05, 4.69) is 15.9 Å². The number of carbonyl (C=O) groups excluding carboxylic acids is 2. The second-order valence-electron chi connectivity index (χ2n) is 5.15. The predicted molar refractivity (Wildman–Crippen MR) is 80.8 cm³/mol. The summed E-state index contributed by atoms with van der Waals surface area (Å²) in [5.41, 5.74) is 0.662. The Balaban J connectivity index is 2.06. The number of amides is 2. The quantitative estimate of drug-likeness (QED) is 0.775. The van der Waals surface area contributed by atoms with Gasteiger partial charge in [-0.1, -0.05) is 17.7 Å². The Morgan fingerprint density at radius 2 is 2.05 bits per heavy atom. The smallest absolute Gasteiger partial charge is 0.250 e. The number of benzene rings is 1. The summed E-state index contributed by atoms with van der Waals surface area (Å²) in [6, 6.07) is 4.53. The number of rotatable bonds is 1. The van der Waals surface area contributed by atoms with E-state index in [1.807, 2.05) is 6.07 Å². The Kier molecular flexibility index (Phi) is 3.50. The van der Waals surface area contributed by atoms with Crippen LogP contribution in [-0.4, -0.2) is 35.3 Å². The van der Waals surface area contributed by atoms with E-state index < -0.39 is 6.04 Å². The maximum Gasteiger partial charge on any atom is 0.250 e. The lowest BCUT2D eigenvalue weighted by Gasteiger charge is -2.41. The van der Waals surface area contributed by atoms with Crippen LogP contribution in [0.1, 0.15) is 19.8 Å². The summed E-state index contributed by atoms with van der Waals surface area (Å²) in [6.07, 6.45) is 1.63. The first kappa shape index (κ1) is 13.9. The molecule has 0 saturated carbocycles. The molecule has 2 aliphatic rings. The van der Waals surface area contributed by atoms with Gasteiger partial charge < -0.3 is 4.90 Å². The normalized spacial score (nSPS) is 26.1. The highest BCUT2D eigenvalue weighted by atomic mass is 79.9. The molecule has 0 spiro atoms.